The molecule has 1 rings (SSSR count). The number of nitrogens with two attached hydrogens (primary N) is 1. The molecular weight excluding hydrogens is 257 g/mol. The molecule has 112 valence electrons. The monoisotopic (exact) mass is 280 g/mol. The van der Waals surface area contributed by atoms with Gasteiger partial charge in [-0.25, -0.2) is 0 Å². The molecular formula is C13H23F3N2O. The lowest BCUT2D eigenvalue weighted by atomic mass is 9.73. The van der Waals surface area contributed by atoms with Gasteiger partial charge in [-0.3, -0.25) is 4.79 Å². The Morgan fingerprint density at radius 1 is 1.11 bits per heavy atom. The fourth-order valence-electron chi connectivity index (χ4n) is 2.08. The summed E-state index contributed by atoms with van der Waals surface area (Å²) >= 11 is 0. The summed E-state index contributed by atoms with van der Waals surface area (Å²) in [6.07, 6.45) is -4.19. The zero-order valence-electron chi connectivity index (χ0n) is 12.0. The van der Waals surface area contributed by atoms with Crippen molar-refractivity contribution in [1.82, 2.24) is 4.90 Å². The zero-order chi connectivity index (χ0) is 15.1. The second-order valence-corrected chi connectivity index (χ2v) is 6.45. The Hall–Kier alpha value is -0.780. The summed E-state index contributed by atoms with van der Waals surface area (Å²) in [7, 11) is 0. The van der Waals surface area contributed by atoms with Crippen molar-refractivity contribution in [3.05, 3.63) is 0 Å². The van der Waals surface area contributed by atoms with Crippen LogP contribution in [-0.4, -0.2) is 35.6 Å². The van der Waals surface area contributed by atoms with E-state index in [1.54, 1.807) is 27.7 Å². The Labute approximate surface area is 112 Å². The summed E-state index contributed by atoms with van der Waals surface area (Å²) < 4.78 is 37.7. The van der Waals surface area contributed by atoms with Crippen LogP contribution in [0.3, 0.4) is 0 Å². The standard InChI is InChI=1S/C13H23F3N2O/c1-11(2,12(3,4)17)10(19)18-7-5-9(6-8-18)13(14,15)16/h9H,5-8,17H2,1-4H3. The number of alkyl halides is 3. The van der Waals surface area contributed by atoms with E-state index in [4.69, 9.17) is 5.73 Å². The Bertz CT molecular complexity index is 337. The molecule has 1 saturated heterocycles. The van der Waals surface area contributed by atoms with E-state index in [9.17, 15) is 18.0 Å². The van der Waals surface area contributed by atoms with E-state index in [2.05, 4.69) is 0 Å². The molecule has 0 saturated carbocycles. The molecule has 19 heavy (non-hydrogen) atoms. The van der Waals surface area contributed by atoms with Crippen LogP contribution in [0.5, 0.6) is 0 Å². The minimum absolute atomic E-state index is 0.0175. The molecule has 3 nitrogen and oxygen atoms in total. The van der Waals surface area contributed by atoms with Gasteiger partial charge in [-0.2, -0.15) is 13.2 Å². The van der Waals surface area contributed by atoms with Gasteiger partial charge in [-0.1, -0.05) is 0 Å². The van der Waals surface area contributed by atoms with Crippen LogP contribution in [0.25, 0.3) is 0 Å². The van der Waals surface area contributed by atoms with Gasteiger partial charge >= 0.3 is 6.18 Å². The summed E-state index contributed by atoms with van der Waals surface area (Å²) in [5, 5.41) is 0. The third-order valence-electron chi connectivity index (χ3n) is 4.39. The van der Waals surface area contributed by atoms with Crippen molar-refractivity contribution in [2.75, 3.05) is 13.1 Å². The second-order valence-electron chi connectivity index (χ2n) is 6.45. The molecule has 0 aromatic rings. The molecule has 0 radical (unpaired) electrons. The van der Waals surface area contributed by atoms with Crippen LogP contribution in [0, 0.1) is 11.3 Å². The Morgan fingerprint density at radius 2 is 1.53 bits per heavy atom. The smallest absolute Gasteiger partial charge is 0.342 e. The maximum absolute atomic E-state index is 12.6. The van der Waals surface area contributed by atoms with Gasteiger partial charge in [0.05, 0.1) is 11.3 Å². The van der Waals surface area contributed by atoms with Gasteiger partial charge in [0.2, 0.25) is 5.91 Å². The predicted molar refractivity (Wildman–Crippen MR) is 67.4 cm³/mol. The lowest BCUT2D eigenvalue weighted by Crippen LogP contribution is -2.57. The van der Waals surface area contributed by atoms with Gasteiger partial charge < -0.3 is 10.6 Å². The van der Waals surface area contributed by atoms with Crippen molar-refractivity contribution >= 4 is 5.91 Å². The lowest BCUT2D eigenvalue weighted by molar-refractivity contribution is -0.188. The van der Waals surface area contributed by atoms with Crippen molar-refractivity contribution in [3.8, 4) is 0 Å². The third kappa shape index (κ3) is 3.41. The summed E-state index contributed by atoms with van der Waals surface area (Å²) in [6, 6.07) is 0. The number of halogens is 3. The molecule has 6 heteroatoms. The molecule has 1 aliphatic heterocycles. The molecule has 0 atom stereocenters. The summed E-state index contributed by atoms with van der Waals surface area (Å²) in [5.74, 6) is -1.45. The first kappa shape index (κ1) is 16.3. The van der Waals surface area contributed by atoms with E-state index in [1.807, 2.05) is 0 Å². The van der Waals surface area contributed by atoms with Crippen LogP contribution >= 0.6 is 0 Å². The SMILES string of the molecule is CC(C)(N)C(C)(C)C(=O)N1CCC(C(F)(F)F)CC1. The summed E-state index contributed by atoms with van der Waals surface area (Å²) in [4.78, 5) is 13.9. The number of piperidine rings is 1. The molecule has 0 aliphatic carbocycles. The quantitative estimate of drug-likeness (QED) is 0.845. The molecule has 1 fully saturated rings. The highest BCUT2D eigenvalue weighted by molar-refractivity contribution is 5.83. The van der Waals surface area contributed by atoms with Crippen molar-refractivity contribution in [1.29, 1.82) is 0 Å². The molecule has 2 N–H and O–H groups in total. The number of carbonyl (C=O) groups is 1. The van der Waals surface area contributed by atoms with E-state index in [0.717, 1.165) is 0 Å². The van der Waals surface area contributed by atoms with E-state index >= 15 is 0 Å². The van der Waals surface area contributed by atoms with Crippen LogP contribution in [-0.2, 0) is 4.79 Å². The maximum atomic E-state index is 12.6. The van der Waals surface area contributed by atoms with E-state index in [0.29, 0.717) is 0 Å². The van der Waals surface area contributed by atoms with Crippen molar-refractivity contribution < 1.29 is 18.0 Å². The van der Waals surface area contributed by atoms with Crippen LogP contribution < -0.4 is 5.73 Å². The number of hydrogen-bond acceptors (Lipinski definition) is 2. The van der Waals surface area contributed by atoms with E-state index in [1.165, 1.54) is 4.90 Å². The van der Waals surface area contributed by atoms with E-state index < -0.39 is 23.0 Å². The third-order valence-corrected chi connectivity index (χ3v) is 4.39. The first-order chi connectivity index (χ1) is 8.37. The van der Waals surface area contributed by atoms with Gasteiger partial charge in [0.25, 0.3) is 0 Å². The number of nitrogens with zero attached hydrogens (tertiary/aromatic N) is 1. The molecule has 0 aromatic carbocycles. The Kier molecular flexibility index (Phi) is 4.25. The first-order valence-corrected chi connectivity index (χ1v) is 6.52. The van der Waals surface area contributed by atoms with Crippen molar-refractivity contribution in [2.24, 2.45) is 17.1 Å². The predicted octanol–water partition coefficient (Wildman–Crippen LogP) is 2.55. The topological polar surface area (TPSA) is 46.3 Å². The van der Waals surface area contributed by atoms with Crippen LogP contribution in [0.15, 0.2) is 0 Å². The highest BCUT2D eigenvalue weighted by Crippen LogP contribution is 2.36. The maximum Gasteiger partial charge on any atom is 0.391 e. The molecule has 1 amide bonds. The minimum atomic E-state index is -4.15. The van der Waals surface area contributed by atoms with Gasteiger partial charge in [0, 0.05) is 18.6 Å². The molecule has 0 aromatic heterocycles. The molecule has 0 unspecified atom stereocenters. The Balaban J connectivity index is 2.69. The van der Waals surface area contributed by atoms with Gasteiger partial charge in [-0.15, -0.1) is 0 Å². The molecule has 1 heterocycles. The van der Waals surface area contributed by atoms with E-state index in [-0.39, 0.29) is 31.8 Å². The number of amides is 1. The summed E-state index contributed by atoms with van der Waals surface area (Å²) in [5.41, 5.74) is 4.48. The molecule has 1 aliphatic rings. The number of carbonyl (C=O) groups excluding carboxylic acids is 1. The molecule has 0 spiro atoms. The van der Waals surface area contributed by atoms with Gasteiger partial charge in [0.1, 0.15) is 0 Å². The normalized spacial score (nSPS) is 19.7. The van der Waals surface area contributed by atoms with Gasteiger partial charge in [-0.05, 0) is 40.5 Å². The highest BCUT2D eigenvalue weighted by atomic mass is 19.4. The Morgan fingerprint density at radius 3 is 1.84 bits per heavy atom. The van der Waals surface area contributed by atoms with Crippen LogP contribution in [0.1, 0.15) is 40.5 Å². The number of hydrogen-bond donors (Lipinski definition) is 1. The van der Waals surface area contributed by atoms with Crippen LogP contribution in [0.2, 0.25) is 0 Å². The largest absolute Gasteiger partial charge is 0.391 e. The average Bonchev–Trinajstić information content (AvgIpc) is 2.25. The van der Waals surface area contributed by atoms with Crippen LogP contribution in [0.4, 0.5) is 13.2 Å². The van der Waals surface area contributed by atoms with Crippen molar-refractivity contribution in [2.45, 2.75) is 52.3 Å². The lowest BCUT2D eigenvalue weighted by Gasteiger charge is -2.43. The van der Waals surface area contributed by atoms with Crippen molar-refractivity contribution in [3.63, 3.8) is 0 Å². The molecule has 0 bridgehead atoms. The second kappa shape index (κ2) is 4.96. The summed E-state index contributed by atoms with van der Waals surface area (Å²) in [6.45, 7) is 7.31. The fraction of sp³-hybridized carbons (Fsp3) is 0.923. The fourth-order valence-corrected chi connectivity index (χ4v) is 2.08. The number of likely N-dealkylation sites (tertiary alicyclic amines) is 1. The highest BCUT2D eigenvalue weighted by Gasteiger charge is 2.46. The zero-order valence-corrected chi connectivity index (χ0v) is 12.0. The first-order valence-electron chi connectivity index (χ1n) is 6.52. The minimum Gasteiger partial charge on any atom is -0.342 e. The van der Waals surface area contributed by atoms with Gasteiger partial charge in [0.15, 0.2) is 0 Å². The average molecular weight is 280 g/mol. The number of rotatable bonds is 2.